The first kappa shape index (κ1) is 111. The van der Waals surface area contributed by atoms with E-state index in [1.165, 1.54) is 88.8 Å². The number of aromatic amines is 3. The van der Waals surface area contributed by atoms with Crippen LogP contribution >= 0.6 is 107 Å². The van der Waals surface area contributed by atoms with E-state index in [1.807, 2.05) is 20.8 Å². The van der Waals surface area contributed by atoms with Gasteiger partial charge in [0.2, 0.25) is 49.9 Å². The lowest BCUT2D eigenvalue weighted by atomic mass is 9.89. The fourth-order valence-corrected chi connectivity index (χ4v) is 29.1. The number of hydrogen-bond donors (Lipinski definition) is 10. The third-order valence-corrected chi connectivity index (χ3v) is 37.4. The molecule has 5 saturated heterocycles. The molecule has 5 fully saturated rings. The number of aromatic nitrogens is 12. The minimum absolute atomic E-state index is 0.000849. The van der Waals surface area contributed by atoms with Crippen LogP contribution in [0.2, 0.25) is 0 Å². The van der Waals surface area contributed by atoms with Crippen molar-refractivity contribution in [1.82, 2.24) is 73.3 Å². The third-order valence-electron chi connectivity index (χ3n) is 21.5. The van der Waals surface area contributed by atoms with Gasteiger partial charge in [-0.25, -0.2) is 55.8 Å². The van der Waals surface area contributed by atoms with E-state index in [-0.39, 0.29) is 155 Å². The second-order valence-electron chi connectivity index (χ2n) is 33.3. The Balaban J connectivity index is 0.860. The van der Waals surface area contributed by atoms with Crippen molar-refractivity contribution < 1.29 is 101 Å². The lowest BCUT2D eigenvalue weighted by Gasteiger charge is -2.27. The number of fused-ring (bicyclic) bond motifs is 2. The van der Waals surface area contributed by atoms with Crippen molar-refractivity contribution in [3.63, 3.8) is 0 Å². The average Bonchev–Trinajstić information content (AvgIpc) is 1.63. The first-order valence-electron chi connectivity index (χ1n) is 43.8. The van der Waals surface area contributed by atoms with Crippen LogP contribution in [0.4, 0.5) is 17.7 Å². The highest BCUT2D eigenvalue weighted by Gasteiger charge is 2.61. The fourth-order valence-electron chi connectivity index (χ4n) is 15.1. The van der Waals surface area contributed by atoms with Crippen LogP contribution in [0.15, 0.2) is 76.7 Å². The van der Waals surface area contributed by atoms with Gasteiger partial charge < -0.3 is 58.2 Å². The Bertz CT molecular complexity index is 5910. The summed E-state index contributed by atoms with van der Waals surface area (Å²) in [7, 11) is -9.34. The smallest absolute Gasteiger partial charge is 0.369 e. The minimum Gasteiger partial charge on any atom is -0.369 e. The predicted octanol–water partition coefficient (Wildman–Crippen LogP) is 10.5. The van der Waals surface area contributed by atoms with E-state index < -0.39 is 198 Å². The highest BCUT2D eigenvalue weighted by Crippen LogP contribution is 2.78. The molecule has 5 N–H and O–H groups in total. The fraction of sp³-hybridized carbons (Fsp3) is 0.633. The van der Waals surface area contributed by atoms with Gasteiger partial charge in [0.25, 0.3) is 22.6 Å². The number of nitrogens with zero attached hydrogens (tertiary/aromatic N) is 17. The van der Waals surface area contributed by atoms with E-state index >= 15 is 0 Å². The van der Waals surface area contributed by atoms with Crippen LogP contribution in [-0.4, -0.2) is 285 Å². The quantitative estimate of drug-likeness (QED) is 0.00322. The van der Waals surface area contributed by atoms with Crippen molar-refractivity contribution in [1.29, 1.82) is 0 Å². The number of thiol groups is 5. The van der Waals surface area contributed by atoms with Crippen molar-refractivity contribution in [3.8, 4) is 0 Å². The Morgan fingerprint density at radius 3 is 1.46 bits per heavy atom. The molecule has 756 valence electrons. The number of hydrogen-bond acceptors (Lipinski definition) is 40. The normalized spacial score (nSPS) is 26.1. The molecule has 0 aliphatic carbocycles. The molecule has 12 heterocycles. The molecular formula is C79H112N22O27P5S6+5. The number of aliphatic imine (C=N–C) groups is 2. The number of carbonyl (C=O) groups excluding carboxylic acids is 3. The summed E-state index contributed by atoms with van der Waals surface area (Å²) in [5, 5.41) is 4.95. The van der Waals surface area contributed by atoms with Crippen LogP contribution in [0, 0.1) is 51.0 Å². The number of imidazole rings is 2. The summed E-state index contributed by atoms with van der Waals surface area (Å²) in [6.45, 7) is 40.8. The SMILES string of the molecule is [C-]#[N+]CCO[P+](S)(OC[C@H]1O[C@@H](n2cnc3c(=O)[nH]c(N=CN(C)C)nc32)C[C@H]1O[P+](S)(OCC[N+]#[C-])OC[C@H]1O[C@@H](n2cc(C)c(=O)[nH]c2=O)C[C@H]1O[P+](S)(OCC[N+]#[C-])OC[C@H]1O[C@@H](n2cnc3c(=O)[nH]c(N=CN(C)C)nc32)C[C@H]1O[P+](S)(OCC[N+]#[C-])OC[C@H]1O[C@@H](C2C=C(C)C(=O)NC2=O)C[C@H]1O[P+](S)(OC[C@H]1O[C@@H](n2ccc(NC(C)=O)nc2=O)C[C@H]1C(C)C)SCCC)OC(C)C. The third kappa shape index (κ3) is 29.9. The minimum atomic E-state index is -4.30. The molecule has 139 heavy (non-hydrogen) atoms. The number of aryl methyl sites for hydroxylation is 1. The first-order chi connectivity index (χ1) is 66.1. The van der Waals surface area contributed by atoms with Gasteiger partial charge in [0.15, 0.2) is 48.8 Å². The van der Waals surface area contributed by atoms with Crippen LogP contribution in [0.25, 0.3) is 41.7 Å². The Hall–Kier alpha value is -7.00. The van der Waals surface area contributed by atoms with Crippen molar-refractivity contribution in [2.75, 3.05) is 125 Å². The molecule has 21 atom stereocenters. The Kier molecular flexibility index (Phi) is 40.0. The lowest BCUT2D eigenvalue weighted by Crippen LogP contribution is -2.44. The second kappa shape index (κ2) is 50.2. The molecule has 0 aromatic carbocycles. The molecule has 6 aliphatic heterocycles. The summed E-state index contributed by atoms with van der Waals surface area (Å²) in [6, 6.07) is 1.50. The zero-order chi connectivity index (χ0) is 100. The topological polar surface area (TPSA) is 516 Å². The number of ether oxygens (including phenoxy) is 5. The van der Waals surface area contributed by atoms with Crippen molar-refractivity contribution >= 4 is 178 Å². The summed E-state index contributed by atoms with van der Waals surface area (Å²) in [4.78, 5) is 162. The maximum absolute atomic E-state index is 14.0. The number of rotatable bonds is 51. The van der Waals surface area contributed by atoms with Gasteiger partial charge in [-0.3, -0.25) is 67.3 Å². The molecule has 0 bridgehead atoms. The molecule has 6 aliphatic rings. The molecular weight excluding hydrogens is 2040 g/mol. The van der Waals surface area contributed by atoms with Gasteiger partial charge in [0, 0.05) is 90.1 Å². The molecule has 6 unspecified atom stereocenters. The van der Waals surface area contributed by atoms with Gasteiger partial charge in [0.1, 0.15) is 119 Å². The van der Waals surface area contributed by atoms with Gasteiger partial charge in [-0.1, -0.05) is 26.8 Å². The van der Waals surface area contributed by atoms with Crippen LogP contribution in [0.3, 0.4) is 0 Å². The highest BCUT2D eigenvalue weighted by atomic mass is 33.1. The standard InChI is InChI=1S/C79H107N22O27P5S6/c1-17-28-139-133(138,118-36-57-50(45(2)3)30-63(120-57)98-23-18-62(88-49(8)102)89-78(98)108)128-53-31-52(51-29-47(6)71(103)92-73(51)105)119-58(53)37-115-130(135,111-25-20-81-10)126-56-34-66(101-44-85-68-70(101)91-77(94-75(68)107)87-42-97(15)16)123-61(56)40-117-131(136,112-26-21-82-11)125-54-32-64(99-35-48(7)72(104)95-79(99)109)121-59(54)39-116-132(137,113-27-22-83-12)127-55-33-65(122-60(55)38-114-129(134,124-46(4)5)110-24-19-80-9)100-43-84-67-69(100)90-76(93-74(67)106)86-41-96(13)14/h18,23,29,35,41-46,50-61,63-66,134-138H,17,19-22,24-28,30-34,36-40H2,1-8,13-16H3/p+5/t50-,51?,52+,53+,54+,55+,56+,57+,58+,59+,60+,61+,63+,64+,65+,66+,129?,130?,131?,132?,133?/m0/s1. The number of anilines is 1. The van der Waals surface area contributed by atoms with Crippen molar-refractivity contribution in [2.24, 2.45) is 27.7 Å². The summed E-state index contributed by atoms with van der Waals surface area (Å²) in [5.41, 5.74) is -3.17. The Morgan fingerprint density at radius 2 is 1.01 bits per heavy atom. The summed E-state index contributed by atoms with van der Waals surface area (Å²) < 4.78 is 132. The largest absolute Gasteiger partial charge is 0.478 e. The molecule has 49 nitrogen and oxygen atoms in total. The molecule has 0 radical (unpaired) electrons. The number of nitrogens with one attached hydrogen (secondary N) is 5. The summed E-state index contributed by atoms with van der Waals surface area (Å²) >= 11 is 26.6. The summed E-state index contributed by atoms with van der Waals surface area (Å²) in [6.07, 6.45) is -9.07. The molecule has 6 aromatic rings. The number of amides is 3. The van der Waals surface area contributed by atoms with Crippen molar-refractivity contribution in [3.05, 3.63) is 146 Å². The highest BCUT2D eigenvalue weighted by molar-refractivity contribution is 8.87. The number of H-pyrrole nitrogens is 3. The van der Waals surface area contributed by atoms with E-state index in [0.717, 1.165) is 4.57 Å². The summed E-state index contributed by atoms with van der Waals surface area (Å²) in [5.74, 6) is -2.38. The predicted molar refractivity (Wildman–Crippen MR) is 532 cm³/mol. The van der Waals surface area contributed by atoms with Crippen LogP contribution in [-0.2, 0) is 101 Å². The van der Waals surface area contributed by atoms with E-state index in [4.69, 9.17) is 175 Å². The molecule has 0 saturated carbocycles. The Morgan fingerprint density at radius 1 is 0.576 bits per heavy atom. The van der Waals surface area contributed by atoms with Crippen LogP contribution < -0.4 is 38.7 Å². The first-order valence-corrected chi connectivity index (χ1v) is 58.9. The Labute approximate surface area is 831 Å². The molecule has 3 amide bonds. The number of imide groups is 1. The maximum atomic E-state index is 14.0. The van der Waals surface area contributed by atoms with E-state index in [0.29, 0.717) is 18.6 Å². The van der Waals surface area contributed by atoms with E-state index in [2.05, 4.69) is 79.9 Å². The van der Waals surface area contributed by atoms with Gasteiger partial charge in [-0.15, -0.1) is 0 Å². The lowest BCUT2D eigenvalue weighted by molar-refractivity contribution is -0.134. The molecule has 60 heteroatoms. The van der Waals surface area contributed by atoms with E-state index in [1.54, 1.807) is 58.8 Å². The van der Waals surface area contributed by atoms with Gasteiger partial charge in [-0.05, 0) is 58.4 Å². The zero-order valence-corrected chi connectivity index (χ0v) is 87.4. The maximum Gasteiger partial charge on any atom is 0.478 e. The second-order valence-corrected chi connectivity index (χ2v) is 52.5. The van der Waals surface area contributed by atoms with Gasteiger partial charge in [-0.2, -0.15) is 78.3 Å². The van der Waals surface area contributed by atoms with E-state index in [9.17, 15) is 38.4 Å². The van der Waals surface area contributed by atoms with Gasteiger partial charge >= 0.3 is 46.1 Å². The average molecular weight is 2150 g/mol. The molecule has 6 aromatic heterocycles. The van der Waals surface area contributed by atoms with Crippen LogP contribution in [0.5, 0.6) is 0 Å². The molecule has 12 rings (SSSR count). The van der Waals surface area contributed by atoms with Gasteiger partial charge in [0.05, 0.1) is 116 Å². The number of carbonyl (C=O) groups is 3. The molecule has 0 spiro atoms. The zero-order valence-electron chi connectivity index (χ0n) is 77.7. The van der Waals surface area contributed by atoms with Crippen molar-refractivity contribution in [2.45, 2.75) is 186 Å². The monoisotopic (exact) mass is 2150 g/mol. The van der Waals surface area contributed by atoms with Crippen LogP contribution in [0.1, 0.15) is 117 Å².